The number of carboxylic acid groups (broad SMARTS) is 1. The van der Waals surface area contributed by atoms with Crippen molar-refractivity contribution in [3.63, 3.8) is 0 Å². The van der Waals surface area contributed by atoms with Crippen LogP contribution >= 0.6 is 0 Å². The van der Waals surface area contributed by atoms with Gasteiger partial charge in [0.15, 0.2) is 0 Å². The Morgan fingerprint density at radius 2 is 2.00 bits per heavy atom. The van der Waals surface area contributed by atoms with E-state index in [0.29, 0.717) is 5.56 Å². The van der Waals surface area contributed by atoms with E-state index in [2.05, 4.69) is 6.92 Å². The standard InChI is InChI=1S/C11H14O2.Li/c1-2-3-6-9-7-4-5-8-10(9)11(12)13;/h4-5,7-8H,2-3,6H2,1H3,(H,12,13);/q;+1/p-1. The molecule has 3 heteroatoms. The molecule has 0 spiro atoms. The Morgan fingerprint density at radius 1 is 1.36 bits per heavy atom. The zero-order valence-corrected chi connectivity index (χ0v) is 8.75. The second-order valence-corrected chi connectivity index (χ2v) is 3.05. The number of rotatable bonds is 4. The number of unbranched alkanes of at least 4 members (excludes halogenated alkanes) is 1. The monoisotopic (exact) mass is 184 g/mol. The van der Waals surface area contributed by atoms with Gasteiger partial charge in [-0.3, -0.25) is 0 Å². The Bertz CT molecular complexity index is 297. The van der Waals surface area contributed by atoms with Crippen molar-refractivity contribution in [2.75, 3.05) is 0 Å². The molecule has 0 radical (unpaired) electrons. The molecule has 0 aromatic heterocycles. The fourth-order valence-corrected chi connectivity index (χ4v) is 1.30. The number of aromatic carboxylic acids is 1. The molecule has 1 rings (SSSR count). The molecule has 70 valence electrons. The number of benzene rings is 1. The summed E-state index contributed by atoms with van der Waals surface area (Å²) in [5.41, 5.74) is 1.21. The van der Waals surface area contributed by atoms with Crippen LogP contribution in [-0.4, -0.2) is 5.97 Å². The van der Waals surface area contributed by atoms with Gasteiger partial charge in [0, 0.05) is 5.56 Å². The molecule has 2 nitrogen and oxygen atoms in total. The van der Waals surface area contributed by atoms with Crippen LogP contribution in [0.1, 0.15) is 35.7 Å². The Balaban J connectivity index is 0.00000169. The second kappa shape index (κ2) is 6.70. The van der Waals surface area contributed by atoms with Crippen molar-refractivity contribution >= 4 is 5.97 Å². The van der Waals surface area contributed by atoms with Gasteiger partial charge in [-0.05, 0) is 18.4 Å². The summed E-state index contributed by atoms with van der Waals surface area (Å²) in [7, 11) is 0. The van der Waals surface area contributed by atoms with E-state index in [1.807, 2.05) is 12.1 Å². The second-order valence-electron chi connectivity index (χ2n) is 3.05. The molecule has 0 aliphatic carbocycles. The molecule has 0 heterocycles. The van der Waals surface area contributed by atoms with Gasteiger partial charge in [-0.1, -0.05) is 37.6 Å². The van der Waals surface area contributed by atoms with Crippen LogP contribution in [0.25, 0.3) is 0 Å². The van der Waals surface area contributed by atoms with Crippen LogP contribution in [0.3, 0.4) is 0 Å². The molecule has 0 fully saturated rings. The average molecular weight is 184 g/mol. The molecule has 0 atom stereocenters. The van der Waals surface area contributed by atoms with Crippen LogP contribution in [0.15, 0.2) is 24.3 Å². The van der Waals surface area contributed by atoms with E-state index in [1.165, 1.54) is 0 Å². The first-order valence-electron chi connectivity index (χ1n) is 4.55. The van der Waals surface area contributed by atoms with E-state index in [1.54, 1.807) is 12.1 Å². The van der Waals surface area contributed by atoms with Gasteiger partial charge in [-0.2, -0.15) is 0 Å². The molecule has 14 heavy (non-hydrogen) atoms. The van der Waals surface area contributed by atoms with Crippen LogP contribution in [0.5, 0.6) is 0 Å². The van der Waals surface area contributed by atoms with Crippen molar-refractivity contribution in [2.24, 2.45) is 0 Å². The molecule has 0 aliphatic heterocycles. The van der Waals surface area contributed by atoms with E-state index in [9.17, 15) is 9.90 Å². The summed E-state index contributed by atoms with van der Waals surface area (Å²) in [6.45, 7) is 2.08. The predicted octanol–water partition coefficient (Wildman–Crippen LogP) is -1.60. The Hall–Kier alpha value is -0.713. The minimum atomic E-state index is -1.08. The molecule has 0 aliphatic rings. The minimum absolute atomic E-state index is 0. The molecule has 1 aromatic rings. The molecular weight excluding hydrogens is 171 g/mol. The Kier molecular flexibility index (Phi) is 6.36. The summed E-state index contributed by atoms with van der Waals surface area (Å²) >= 11 is 0. The zero-order valence-electron chi connectivity index (χ0n) is 8.75. The maximum atomic E-state index is 10.7. The largest absolute Gasteiger partial charge is 1.00 e. The molecule has 0 saturated carbocycles. The molecule has 0 bridgehead atoms. The predicted molar refractivity (Wildman–Crippen MR) is 49.4 cm³/mol. The maximum Gasteiger partial charge on any atom is 1.00 e. The van der Waals surface area contributed by atoms with Gasteiger partial charge >= 0.3 is 18.9 Å². The van der Waals surface area contributed by atoms with Gasteiger partial charge in [0.1, 0.15) is 0 Å². The SMILES string of the molecule is CCCCc1ccccc1C(=O)[O-].[Li+]. The van der Waals surface area contributed by atoms with Crippen LogP contribution in [0.2, 0.25) is 0 Å². The van der Waals surface area contributed by atoms with E-state index in [0.717, 1.165) is 24.8 Å². The third-order valence-corrected chi connectivity index (χ3v) is 2.04. The average Bonchev–Trinajstić information content (AvgIpc) is 2.15. The zero-order chi connectivity index (χ0) is 9.68. The van der Waals surface area contributed by atoms with Gasteiger partial charge in [-0.25, -0.2) is 0 Å². The number of carbonyl (C=O) groups excluding carboxylic acids is 1. The topological polar surface area (TPSA) is 40.1 Å². The van der Waals surface area contributed by atoms with E-state index < -0.39 is 5.97 Å². The van der Waals surface area contributed by atoms with Gasteiger partial charge in [0.05, 0.1) is 5.97 Å². The first-order valence-corrected chi connectivity index (χ1v) is 4.55. The van der Waals surface area contributed by atoms with Gasteiger partial charge in [0.25, 0.3) is 0 Å². The normalized spacial score (nSPS) is 9.21. The van der Waals surface area contributed by atoms with E-state index in [-0.39, 0.29) is 18.9 Å². The summed E-state index contributed by atoms with van der Waals surface area (Å²) in [5.74, 6) is -1.08. The summed E-state index contributed by atoms with van der Waals surface area (Å²) < 4.78 is 0. The molecule has 0 amide bonds. The van der Waals surface area contributed by atoms with Gasteiger partial charge in [0.2, 0.25) is 0 Å². The van der Waals surface area contributed by atoms with Crippen LogP contribution in [0, 0.1) is 0 Å². The number of hydrogen-bond acceptors (Lipinski definition) is 2. The quantitative estimate of drug-likeness (QED) is 0.528. The van der Waals surface area contributed by atoms with Crippen molar-refractivity contribution in [3.05, 3.63) is 35.4 Å². The van der Waals surface area contributed by atoms with Crippen LogP contribution < -0.4 is 24.0 Å². The molecule has 1 aromatic carbocycles. The van der Waals surface area contributed by atoms with Crippen molar-refractivity contribution in [1.82, 2.24) is 0 Å². The third kappa shape index (κ3) is 3.57. The summed E-state index contributed by atoms with van der Waals surface area (Å²) in [6, 6.07) is 7.03. The summed E-state index contributed by atoms with van der Waals surface area (Å²) in [6.07, 6.45) is 2.91. The number of hydrogen-bond donors (Lipinski definition) is 0. The fourth-order valence-electron chi connectivity index (χ4n) is 1.30. The third-order valence-electron chi connectivity index (χ3n) is 2.04. The Labute approximate surface area is 96.5 Å². The molecule has 0 unspecified atom stereocenters. The number of carboxylic acids is 1. The first kappa shape index (κ1) is 13.3. The number of carbonyl (C=O) groups is 1. The smallest absolute Gasteiger partial charge is 0.545 e. The molecular formula is C11H13LiO2. The van der Waals surface area contributed by atoms with Gasteiger partial charge < -0.3 is 9.90 Å². The summed E-state index contributed by atoms with van der Waals surface area (Å²) in [5, 5.41) is 10.7. The van der Waals surface area contributed by atoms with E-state index in [4.69, 9.17) is 0 Å². The van der Waals surface area contributed by atoms with Crippen LogP contribution in [-0.2, 0) is 6.42 Å². The van der Waals surface area contributed by atoms with Crippen molar-refractivity contribution in [2.45, 2.75) is 26.2 Å². The Morgan fingerprint density at radius 3 is 2.57 bits per heavy atom. The van der Waals surface area contributed by atoms with Crippen molar-refractivity contribution in [3.8, 4) is 0 Å². The minimum Gasteiger partial charge on any atom is -0.545 e. The fraction of sp³-hybridized carbons (Fsp3) is 0.364. The maximum absolute atomic E-state index is 10.7. The summed E-state index contributed by atoms with van der Waals surface area (Å²) in [4.78, 5) is 10.7. The van der Waals surface area contributed by atoms with Crippen LogP contribution in [0.4, 0.5) is 0 Å². The van der Waals surface area contributed by atoms with Crippen molar-refractivity contribution < 1.29 is 28.8 Å². The molecule has 0 N–H and O–H groups in total. The van der Waals surface area contributed by atoms with Crippen molar-refractivity contribution in [1.29, 1.82) is 0 Å². The molecule has 0 saturated heterocycles. The van der Waals surface area contributed by atoms with Gasteiger partial charge in [-0.15, -0.1) is 0 Å². The number of aryl methyl sites for hydroxylation is 1. The first-order chi connectivity index (χ1) is 6.25. The van der Waals surface area contributed by atoms with E-state index >= 15 is 0 Å².